The summed E-state index contributed by atoms with van der Waals surface area (Å²) in [5.41, 5.74) is 0.300. The van der Waals surface area contributed by atoms with Crippen LogP contribution >= 0.6 is 0 Å². The molecule has 0 aliphatic heterocycles. The Bertz CT molecular complexity index is 614. The van der Waals surface area contributed by atoms with Crippen LogP contribution < -0.4 is 4.74 Å². The highest BCUT2D eigenvalue weighted by molar-refractivity contribution is 5.76. The first kappa shape index (κ1) is 14.0. The van der Waals surface area contributed by atoms with E-state index in [2.05, 4.69) is 0 Å². The zero-order valence-electron chi connectivity index (χ0n) is 10.4. The lowest BCUT2D eigenvalue weighted by atomic mass is 10.0. The van der Waals surface area contributed by atoms with E-state index in [1.54, 1.807) is 0 Å². The van der Waals surface area contributed by atoms with Gasteiger partial charge >= 0.3 is 5.97 Å². The molecule has 0 bridgehead atoms. The number of carboxylic acid groups (broad SMARTS) is 1. The second kappa shape index (κ2) is 6.14. The van der Waals surface area contributed by atoms with Crippen molar-refractivity contribution in [1.82, 2.24) is 0 Å². The molecule has 2 aromatic carbocycles. The molecule has 0 saturated carbocycles. The van der Waals surface area contributed by atoms with Crippen LogP contribution in [0.25, 0.3) is 0 Å². The zero-order chi connectivity index (χ0) is 14.5. The third-order valence-corrected chi connectivity index (χ3v) is 2.76. The summed E-state index contributed by atoms with van der Waals surface area (Å²) in [5.74, 6) is -2.91. The number of hydrogen-bond donors (Lipinski definition) is 1. The van der Waals surface area contributed by atoms with Crippen molar-refractivity contribution in [3.8, 4) is 5.75 Å². The van der Waals surface area contributed by atoms with Gasteiger partial charge in [-0.15, -0.1) is 0 Å². The molecule has 1 N–H and O–H groups in total. The molecular weight excluding hydrogens is 266 g/mol. The molecule has 0 fully saturated rings. The molecule has 0 saturated heterocycles. The molecule has 1 unspecified atom stereocenters. The number of rotatable bonds is 5. The Labute approximate surface area is 114 Å². The SMILES string of the molecule is O=C(O)C(COc1cccc(F)c1)c1cccc(F)c1. The minimum Gasteiger partial charge on any atom is -0.492 e. The topological polar surface area (TPSA) is 46.5 Å². The third kappa shape index (κ3) is 3.54. The van der Waals surface area contributed by atoms with Gasteiger partial charge in [-0.25, -0.2) is 8.78 Å². The van der Waals surface area contributed by atoms with Crippen LogP contribution in [0.5, 0.6) is 5.75 Å². The van der Waals surface area contributed by atoms with Crippen LogP contribution in [0.4, 0.5) is 8.78 Å². The van der Waals surface area contributed by atoms with Crippen molar-refractivity contribution in [3.05, 3.63) is 65.7 Å². The van der Waals surface area contributed by atoms with E-state index < -0.39 is 23.5 Å². The summed E-state index contributed by atoms with van der Waals surface area (Å²) in [6, 6.07) is 10.7. The first-order valence-electron chi connectivity index (χ1n) is 5.93. The van der Waals surface area contributed by atoms with Crippen LogP contribution in [-0.2, 0) is 4.79 Å². The summed E-state index contributed by atoms with van der Waals surface area (Å²) >= 11 is 0. The molecule has 5 heteroatoms. The number of carbonyl (C=O) groups is 1. The maximum atomic E-state index is 13.1. The van der Waals surface area contributed by atoms with E-state index >= 15 is 0 Å². The maximum Gasteiger partial charge on any atom is 0.314 e. The van der Waals surface area contributed by atoms with E-state index in [1.165, 1.54) is 36.4 Å². The predicted molar refractivity (Wildman–Crippen MR) is 68.7 cm³/mol. The molecule has 3 nitrogen and oxygen atoms in total. The molecule has 0 aromatic heterocycles. The molecule has 0 aliphatic carbocycles. The van der Waals surface area contributed by atoms with E-state index in [-0.39, 0.29) is 12.4 Å². The Morgan fingerprint density at radius 3 is 2.35 bits per heavy atom. The Hall–Kier alpha value is -2.43. The molecule has 20 heavy (non-hydrogen) atoms. The summed E-state index contributed by atoms with van der Waals surface area (Å²) in [6.45, 7) is -0.206. The van der Waals surface area contributed by atoms with Gasteiger partial charge in [0.2, 0.25) is 0 Å². The van der Waals surface area contributed by atoms with Crippen LogP contribution in [0.15, 0.2) is 48.5 Å². The van der Waals surface area contributed by atoms with Crippen LogP contribution in [0.2, 0.25) is 0 Å². The second-order valence-electron chi connectivity index (χ2n) is 4.21. The first-order chi connectivity index (χ1) is 9.56. The van der Waals surface area contributed by atoms with Gasteiger partial charge in [0.25, 0.3) is 0 Å². The van der Waals surface area contributed by atoms with Crippen molar-refractivity contribution in [2.75, 3.05) is 6.61 Å². The smallest absolute Gasteiger partial charge is 0.314 e. The summed E-state index contributed by atoms with van der Waals surface area (Å²) in [4.78, 5) is 11.2. The Morgan fingerprint density at radius 1 is 1.10 bits per heavy atom. The number of benzene rings is 2. The number of aliphatic carboxylic acids is 1. The number of halogens is 2. The molecule has 2 rings (SSSR count). The standard InChI is InChI=1S/C15H12F2O3/c16-11-4-1-3-10(7-11)14(15(18)19)9-20-13-6-2-5-12(17)8-13/h1-8,14H,9H2,(H,18,19). The van der Waals surface area contributed by atoms with Crippen LogP contribution in [0.3, 0.4) is 0 Å². The van der Waals surface area contributed by atoms with Gasteiger partial charge in [0.15, 0.2) is 0 Å². The van der Waals surface area contributed by atoms with E-state index in [0.717, 1.165) is 12.1 Å². The zero-order valence-corrected chi connectivity index (χ0v) is 10.4. The quantitative estimate of drug-likeness (QED) is 0.913. The molecule has 104 valence electrons. The fourth-order valence-electron chi connectivity index (χ4n) is 1.77. The average molecular weight is 278 g/mol. The molecule has 1 atom stereocenters. The van der Waals surface area contributed by atoms with Crippen molar-refractivity contribution < 1.29 is 23.4 Å². The first-order valence-corrected chi connectivity index (χ1v) is 5.93. The third-order valence-electron chi connectivity index (χ3n) is 2.76. The normalized spacial score (nSPS) is 11.9. The van der Waals surface area contributed by atoms with Gasteiger partial charge in [0.1, 0.15) is 29.9 Å². The summed E-state index contributed by atoms with van der Waals surface area (Å²) in [5, 5.41) is 9.17. The Kier molecular flexibility index (Phi) is 4.30. The minimum atomic E-state index is -1.13. The number of hydrogen-bond acceptors (Lipinski definition) is 2. The Morgan fingerprint density at radius 2 is 1.75 bits per heavy atom. The maximum absolute atomic E-state index is 13.1. The highest BCUT2D eigenvalue weighted by Crippen LogP contribution is 2.20. The molecular formula is C15H12F2O3. The largest absolute Gasteiger partial charge is 0.492 e. The van der Waals surface area contributed by atoms with Gasteiger partial charge < -0.3 is 9.84 Å². The number of carboxylic acids is 1. The molecule has 0 heterocycles. The lowest BCUT2D eigenvalue weighted by Gasteiger charge is -2.14. The van der Waals surface area contributed by atoms with Gasteiger partial charge in [0, 0.05) is 6.07 Å². The van der Waals surface area contributed by atoms with E-state index in [4.69, 9.17) is 4.74 Å². The summed E-state index contributed by atoms with van der Waals surface area (Å²) in [6.07, 6.45) is 0. The predicted octanol–water partition coefficient (Wildman–Crippen LogP) is 3.21. The fourth-order valence-corrected chi connectivity index (χ4v) is 1.77. The van der Waals surface area contributed by atoms with Gasteiger partial charge in [-0.3, -0.25) is 4.79 Å². The highest BCUT2D eigenvalue weighted by atomic mass is 19.1. The number of ether oxygens (including phenoxy) is 1. The van der Waals surface area contributed by atoms with Gasteiger partial charge in [0.05, 0.1) is 0 Å². The Balaban J connectivity index is 2.13. The summed E-state index contributed by atoms with van der Waals surface area (Å²) in [7, 11) is 0. The van der Waals surface area contributed by atoms with Crippen LogP contribution in [-0.4, -0.2) is 17.7 Å². The van der Waals surface area contributed by atoms with Gasteiger partial charge in [-0.1, -0.05) is 18.2 Å². The van der Waals surface area contributed by atoms with Gasteiger partial charge in [-0.2, -0.15) is 0 Å². The fraction of sp³-hybridized carbons (Fsp3) is 0.133. The molecule has 0 spiro atoms. The van der Waals surface area contributed by atoms with Crippen molar-refractivity contribution in [2.45, 2.75) is 5.92 Å². The van der Waals surface area contributed by atoms with E-state index in [1.807, 2.05) is 0 Å². The van der Waals surface area contributed by atoms with E-state index in [9.17, 15) is 18.7 Å². The molecule has 0 radical (unpaired) electrons. The average Bonchev–Trinajstić information content (AvgIpc) is 2.38. The second-order valence-corrected chi connectivity index (χ2v) is 4.21. The lowest BCUT2D eigenvalue weighted by molar-refractivity contribution is -0.139. The molecule has 2 aromatic rings. The summed E-state index contributed by atoms with van der Waals surface area (Å²) < 4.78 is 31.4. The van der Waals surface area contributed by atoms with Crippen molar-refractivity contribution >= 4 is 5.97 Å². The monoisotopic (exact) mass is 278 g/mol. The van der Waals surface area contributed by atoms with Crippen molar-refractivity contribution in [1.29, 1.82) is 0 Å². The lowest BCUT2D eigenvalue weighted by Crippen LogP contribution is -2.19. The molecule has 0 amide bonds. The van der Waals surface area contributed by atoms with Crippen molar-refractivity contribution in [2.24, 2.45) is 0 Å². The van der Waals surface area contributed by atoms with Crippen molar-refractivity contribution in [3.63, 3.8) is 0 Å². The molecule has 0 aliphatic rings. The minimum absolute atomic E-state index is 0.206. The van der Waals surface area contributed by atoms with Gasteiger partial charge in [-0.05, 0) is 29.8 Å². The van der Waals surface area contributed by atoms with Crippen LogP contribution in [0.1, 0.15) is 11.5 Å². The van der Waals surface area contributed by atoms with Crippen LogP contribution in [0, 0.1) is 11.6 Å². The van der Waals surface area contributed by atoms with E-state index in [0.29, 0.717) is 5.56 Å². The highest BCUT2D eigenvalue weighted by Gasteiger charge is 2.21.